The molecular weight excluding hydrogens is 216 g/mol. The summed E-state index contributed by atoms with van der Waals surface area (Å²) in [4.78, 5) is 13.5. The maximum atomic E-state index is 11.8. The molecule has 0 spiro atoms. The van der Waals surface area contributed by atoms with Gasteiger partial charge in [-0.2, -0.15) is 0 Å². The molecule has 1 saturated carbocycles. The molecule has 4 nitrogen and oxygen atoms in total. The summed E-state index contributed by atoms with van der Waals surface area (Å²) in [6.07, 6.45) is -0.215. The smallest absolute Gasteiger partial charge is 0.410 e. The monoisotopic (exact) mass is 232 g/mol. The van der Waals surface area contributed by atoms with E-state index >= 15 is 0 Å². The maximum Gasteiger partial charge on any atom is 0.410 e. The Morgan fingerprint density at radius 2 is 1.94 bits per heavy atom. The van der Waals surface area contributed by atoms with Gasteiger partial charge in [0.05, 0.1) is 0 Å². The van der Waals surface area contributed by atoms with Crippen LogP contribution in [0.15, 0.2) is 30.3 Å². The summed E-state index contributed by atoms with van der Waals surface area (Å²) in [5, 5.41) is 0. The van der Waals surface area contributed by atoms with Crippen molar-refractivity contribution in [2.45, 2.75) is 12.6 Å². The Kier molecular flexibility index (Phi) is 2.52. The zero-order chi connectivity index (χ0) is 11.8. The van der Waals surface area contributed by atoms with E-state index in [1.165, 1.54) is 0 Å². The molecule has 1 aliphatic carbocycles. The van der Waals surface area contributed by atoms with Gasteiger partial charge in [0, 0.05) is 19.1 Å². The number of benzene rings is 1. The van der Waals surface area contributed by atoms with E-state index in [-0.39, 0.29) is 6.09 Å². The van der Waals surface area contributed by atoms with E-state index in [9.17, 15) is 4.79 Å². The first-order valence-corrected chi connectivity index (χ1v) is 5.97. The fourth-order valence-electron chi connectivity index (χ4n) is 2.53. The maximum absolute atomic E-state index is 11.8. The van der Waals surface area contributed by atoms with Gasteiger partial charge < -0.3 is 15.4 Å². The number of ether oxygens (including phenoxy) is 1. The summed E-state index contributed by atoms with van der Waals surface area (Å²) < 4.78 is 5.26. The number of rotatable bonds is 2. The SMILES string of the molecule is NC1[C@H]2CN(C(=O)OCc3ccccc3)C[C@H]12. The van der Waals surface area contributed by atoms with E-state index in [4.69, 9.17) is 10.5 Å². The van der Waals surface area contributed by atoms with Crippen LogP contribution in [-0.4, -0.2) is 30.1 Å². The van der Waals surface area contributed by atoms with E-state index in [1.807, 2.05) is 30.3 Å². The van der Waals surface area contributed by atoms with Crippen LogP contribution in [0, 0.1) is 11.8 Å². The number of amides is 1. The normalized spacial score (nSPS) is 29.9. The van der Waals surface area contributed by atoms with Crippen LogP contribution >= 0.6 is 0 Å². The Bertz CT molecular complexity index is 409. The van der Waals surface area contributed by atoms with Crippen LogP contribution in [0.5, 0.6) is 0 Å². The number of hydrogen-bond donors (Lipinski definition) is 1. The number of fused-ring (bicyclic) bond motifs is 1. The van der Waals surface area contributed by atoms with Gasteiger partial charge in [-0.15, -0.1) is 0 Å². The van der Waals surface area contributed by atoms with Gasteiger partial charge in [-0.1, -0.05) is 30.3 Å². The minimum absolute atomic E-state index is 0.215. The number of nitrogens with zero attached hydrogens (tertiary/aromatic N) is 1. The van der Waals surface area contributed by atoms with E-state index in [1.54, 1.807) is 4.90 Å². The number of piperidine rings is 1. The van der Waals surface area contributed by atoms with Crippen molar-refractivity contribution in [2.24, 2.45) is 17.6 Å². The Balaban J connectivity index is 1.49. The van der Waals surface area contributed by atoms with Crippen LogP contribution in [0.4, 0.5) is 4.79 Å². The highest BCUT2D eigenvalue weighted by Gasteiger charge is 2.54. The Hall–Kier alpha value is -1.55. The number of carbonyl (C=O) groups excluding carboxylic acids is 1. The molecule has 2 N–H and O–H groups in total. The zero-order valence-corrected chi connectivity index (χ0v) is 9.58. The fraction of sp³-hybridized carbons (Fsp3) is 0.462. The van der Waals surface area contributed by atoms with Gasteiger partial charge in [-0.05, 0) is 17.4 Å². The van der Waals surface area contributed by atoms with E-state index in [0.29, 0.717) is 24.5 Å². The highest BCUT2D eigenvalue weighted by molar-refractivity contribution is 5.68. The van der Waals surface area contributed by atoms with Crippen molar-refractivity contribution in [1.29, 1.82) is 0 Å². The van der Waals surface area contributed by atoms with Crippen molar-refractivity contribution in [2.75, 3.05) is 13.1 Å². The average Bonchev–Trinajstić information content (AvgIpc) is 2.81. The lowest BCUT2D eigenvalue weighted by Gasteiger charge is -2.18. The predicted molar refractivity (Wildman–Crippen MR) is 63.2 cm³/mol. The second kappa shape index (κ2) is 4.04. The van der Waals surface area contributed by atoms with Gasteiger partial charge in [-0.25, -0.2) is 4.79 Å². The van der Waals surface area contributed by atoms with Crippen molar-refractivity contribution in [3.8, 4) is 0 Å². The quantitative estimate of drug-likeness (QED) is 0.834. The molecule has 0 unspecified atom stereocenters. The Labute approximate surface area is 100 Å². The molecule has 17 heavy (non-hydrogen) atoms. The third-order valence-corrected chi connectivity index (χ3v) is 3.72. The number of carbonyl (C=O) groups is 1. The van der Waals surface area contributed by atoms with Crippen LogP contribution in [0.1, 0.15) is 5.56 Å². The second-order valence-electron chi connectivity index (χ2n) is 4.85. The van der Waals surface area contributed by atoms with Gasteiger partial charge in [0.1, 0.15) is 6.61 Å². The van der Waals surface area contributed by atoms with Gasteiger partial charge in [-0.3, -0.25) is 0 Å². The van der Waals surface area contributed by atoms with Crippen molar-refractivity contribution >= 4 is 6.09 Å². The van der Waals surface area contributed by atoms with Gasteiger partial charge in [0.2, 0.25) is 0 Å². The molecule has 90 valence electrons. The second-order valence-corrected chi connectivity index (χ2v) is 4.85. The van der Waals surface area contributed by atoms with Crippen LogP contribution in [0.25, 0.3) is 0 Å². The molecule has 0 radical (unpaired) electrons. The lowest BCUT2D eigenvalue weighted by Crippen LogP contribution is -2.34. The van der Waals surface area contributed by atoms with E-state index in [2.05, 4.69) is 0 Å². The molecule has 1 heterocycles. The van der Waals surface area contributed by atoms with Crippen LogP contribution < -0.4 is 5.73 Å². The summed E-state index contributed by atoms with van der Waals surface area (Å²) in [6.45, 7) is 1.87. The first-order valence-electron chi connectivity index (χ1n) is 5.97. The first-order chi connectivity index (χ1) is 8.25. The molecule has 0 aromatic heterocycles. The van der Waals surface area contributed by atoms with Crippen molar-refractivity contribution < 1.29 is 9.53 Å². The number of likely N-dealkylation sites (tertiary alicyclic amines) is 1. The van der Waals surface area contributed by atoms with Crippen LogP contribution in [0.3, 0.4) is 0 Å². The van der Waals surface area contributed by atoms with Crippen molar-refractivity contribution in [3.05, 3.63) is 35.9 Å². The molecule has 2 aliphatic rings. The van der Waals surface area contributed by atoms with E-state index < -0.39 is 0 Å². The molecule has 2 atom stereocenters. The van der Waals surface area contributed by atoms with Gasteiger partial charge in [0.25, 0.3) is 0 Å². The summed E-state index contributed by atoms with van der Waals surface area (Å²) in [5.41, 5.74) is 6.84. The lowest BCUT2D eigenvalue weighted by atomic mass is 10.2. The van der Waals surface area contributed by atoms with Crippen LogP contribution in [-0.2, 0) is 11.3 Å². The predicted octanol–water partition coefficient (Wildman–Crippen LogP) is 1.21. The summed E-state index contributed by atoms with van der Waals surface area (Å²) >= 11 is 0. The van der Waals surface area contributed by atoms with Crippen molar-refractivity contribution in [3.63, 3.8) is 0 Å². The van der Waals surface area contributed by atoms with Crippen LogP contribution in [0.2, 0.25) is 0 Å². The molecule has 1 aliphatic heterocycles. The molecule has 3 rings (SSSR count). The highest BCUT2D eigenvalue weighted by atomic mass is 16.6. The minimum atomic E-state index is -0.215. The molecule has 4 heteroatoms. The average molecular weight is 232 g/mol. The van der Waals surface area contributed by atoms with E-state index in [0.717, 1.165) is 18.7 Å². The summed E-state index contributed by atoms with van der Waals surface area (Å²) in [5.74, 6) is 1.03. The van der Waals surface area contributed by atoms with Gasteiger partial charge >= 0.3 is 6.09 Å². The minimum Gasteiger partial charge on any atom is -0.445 e. The molecular formula is C13H16N2O2. The summed E-state index contributed by atoms with van der Waals surface area (Å²) in [7, 11) is 0. The largest absolute Gasteiger partial charge is 0.445 e. The Morgan fingerprint density at radius 3 is 2.59 bits per heavy atom. The third kappa shape index (κ3) is 2.00. The third-order valence-electron chi connectivity index (χ3n) is 3.72. The Morgan fingerprint density at radius 1 is 1.29 bits per heavy atom. The number of hydrogen-bond acceptors (Lipinski definition) is 3. The molecule has 0 bridgehead atoms. The topological polar surface area (TPSA) is 55.6 Å². The fourth-order valence-corrected chi connectivity index (χ4v) is 2.53. The molecule has 1 aromatic carbocycles. The highest BCUT2D eigenvalue weighted by Crippen LogP contribution is 2.43. The molecule has 1 saturated heterocycles. The first kappa shape index (κ1) is 10.6. The molecule has 1 amide bonds. The van der Waals surface area contributed by atoms with Gasteiger partial charge in [0.15, 0.2) is 0 Å². The van der Waals surface area contributed by atoms with Crippen molar-refractivity contribution in [1.82, 2.24) is 4.90 Å². The molecule has 2 fully saturated rings. The lowest BCUT2D eigenvalue weighted by molar-refractivity contribution is 0.0999. The molecule has 1 aromatic rings. The zero-order valence-electron chi connectivity index (χ0n) is 9.58. The summed E-state index contributed by atoms with van der Waals surface area (Å²) in [6, 6.07) is 10.0. The number of nitrogens with two attached hydrogens (primary N) is 1. The standard InChI is InChI=1S/C13H16N2O2/c14-12-10-6-15(7-11(10)12)13(16)17-8-9-4-2-1-3-5-9/h1-5,10-12H,6-8,14H2/t10-,11-/m0/s1.